The van der Waals surface area contributed by atoms with Gasteiger partial charge in [0.05, 0.1) is 25.1 Å². The number of fused-ring (bicyclic) bond motifs is 5. The third-order valence-electron chi connectivity index (χ3n) is 6.63. The number of rotatable bonds is 5. The lowest BCUT2D eigenvalue weighted by Crippen LogP contribution is -2.56. The summed E-state index contributed by atoms with van der Waals surface area (Å²) in [7, 11) is 7.35. The molecule has 8 heteroatoms. The van der Waals surface area contributed by atoms with E-state index in [2.05, 4.69) is 16.3 Å². The van der Waals surface area contributed by atoms with Gasteiger partial charge in [0.15, 0.2) is 5.76 Å². The van der Waals surface area contributed by atoms with Gasteiger partial charge in [0.25, 0.3) is 0 Å². The molecule has 0 aromatic rings. The van der Waals surface area contributed by atoms with Crippen LogP contribution in [0.4, 0.5) is 0 Å². The molecule has 0 aromatic carbocycles. The molecule has 5 rings (SSSR count). The number of carbonyl (C=O) groups excluding carboxylic acids is 1. The fraction of sp³-hybridized carbons (Fsp3) is 0.522. The predicted molar refractivity (Wildman–Crippen MR) is 113 cm³/mol. The van der Waals surface area contributed by atoms with E-state index in [0.717, 1.165) is 40.5 Å². The summed E-state index contributed by atoms with van der Waals surface area (Å²) in [5.74, 6) is 2.09. The largest absolute Gasteiger partial charge is 0.498 e. The number of carbonyl (C=O) groups is 1. The van der Waals surface area contributed by atoms with Crippen LogP contribution in [0.2, 0.25) is 0 Å². The lowest BCUT2D eigenvalue weighted by Gasteiger charge is -2.47. The fourth-order valence-corrected chi connectivity index (χ4v) is 5.01. The maximum absolute atomic E-state index is 13.9. The van der Waals surface area contributed by atoms with E-state index in [9.17, 15) is 4.79 Å². The van der Waals surface area contributed by atoms with Gasteiger partial charge < -0.3 is 34.1 Å². The molecular weight excluding hydrogens is 398 g/mol. The molecule has 3 heterocycles. The summed E-state index contributed by atoms with van der Waals surface area (Å²) in [5, 5.41) is 3.50. The Labute approximate surface area is 182 Å². The van der Waals surface area contributed by atoms with Gasteiger partial charge in [-0.2, -0.15) is 0 Å². The van der Waals surface area contributed by atoms with Gasteiger partial charge in [-0.05, 0) is 49.0 Å². The van der Waals surface area contributed by atoms with Crippen LogP contribution in [0, 0.1) is 5.92 Å². The van der Waals surface area contributed by atoms with Crippen molar-refractivity contribution in [2.75, 3.05) is 48.2 Å². The van der Waals surface area contributed by atoms with Crippen LogP contribution in [-0.2, 0) is 23.7 Å². The normalized spacial score (nSPS) is 31.1. The van der Waals surface area contributed by atoms with Crippen molar-refractivity contribution in [1.82, 2.24) is 15.1 Å². The Hall–Kier alpha value is -2.71. The molecular formula is C23H29N3O5. The Morgan fingerprint density at radius 2 is 2.06 bits per heavy atom. The van der Waals surface area contributed by atoms with E-state index in [0.29, 0.717) is 13.0 Å². The zero-order chi connectivity index (χ0) is 21.7. The molecule has 1 N–H and O–H groups in total. The van der Waals surface area contributed by atoms with Gasteiger partial charge in [-0.15, -0.1) is 0 Å². The first-order valence-corrected chi connectivity index (χ1v) is 10.6. The van der Waals surface area contributed by atoms with Crippen LogP contribution >= 0.6 is 0 Å². The summed E-state index contributed by atoms with van der Waals surface area (Å²) in [6.45, 7) is 1.64. The van der Waals surface area contributed by atoms with Gasteiger partial charge in [-0.25, -0.2) is 0 Å². The summed E-state index contributed by atoms with van der Waals surface area (Å²) in [4.78, 5) is 18.0. The molecule has 0 radical (unpaired) electrons. The van der Waals surface area contributed by atoms with Crippen molar-refractivity contribution in [3.05, 3.63) is 58.4 Å². The fourth-order valence-electron chi connectivity index (χ4n) is 5.01. The van der Waals surface area contributed by atoms with E-state index < -0.39 is 0 Å². The molecule has 31 heavy (non-hydrogen) atoms. The van der Waals surface area contributed by atoms with Gasteiger partial charge >= 0.3 is 0 Å². The zero-order valence-electron chi connectivity index (χ0n) is 18.4. The number of methoxy groups -OCH3 is 2. The number of allylic oxidation sites excluding steroid dienone is 1. The average molecular weight is 428 g/mol. The smallest absolute Gasteiger partial charge is 0.235 e. The van der Waals surface area contributed by atoms with Crippen molar-refractivity contribution in [2.45, 2.75) is 24.6 Å². The Kier molecular flexibility index (Phi) is 5.06. The van der Waals surface area contributed by atoms with E-state index in [1.807, 2.05) is 37.3 Å². The second-order valence-electron chi connectivity index (χ2n) is 8.63. The minimum Gasteiger partial charge on any atom is -0.498 e. The van der Waals surface area contributed by atoms with Gasteiger partial charge in [-0.3, -0.25) is 4.79 Å². The van der Waals surface area contributed by atoms with E-state index in [-0.39, 0.29) is 36.8 Å². The van der Waals surface area contributed by atoms with Crippen molar-refractivity contribution in [1.29, 1.82) is 0 Å². The number of nitrogens with one attached hydrogen (secondary N) is 1. The van der Waals surface area contributed by atoms with Gasteiger partial charge in [0.1, 0.15) is 17.6 Å². The Balaban J connectivity index is 1.58. The number of likely N-dealkylation sites (tertiary alicyclic amines) is 1. The molecule has 1 saturated heterocycles. The predicted octanol–water partition coefficient (Wildman–Crippen LogP) is 1.26. The molecule has 4 unspecified atom stereocenters. The van der Waals surface area contributed by atoms with Crippen molar-refractivity contribution >= 4 is 5.91 Å². The lowest BCUT2D eigenvalue weighted by atomic mass is 9.71. The Morgan fingerprint density at radius 3 is 2.81 bits per heavy atom. The van der Waals surface area contributed by atoms with Crippen molar-refractivity contribution in [2.24, 2.45) is 5.92 Å². The summed E-state index contributed by atoms with van der Waals surface area (Å²) in [5.41, 5.74) is 3.12. The van der Waals surface area contributed by atoms with Gasteiger partial charge in [0, 0.05) is 32.8 Å². The number of piperidine rings is 1. The first-order chi connectivity index (χ1) is 15.0. The van der Waals surface area contributed by atoms with Crippen molar-refractivity contribution in [3.8, 4) is 0 Å². The molecule has 166 valence electrons. The number of nitrogens with zero attached hydrogens (tertiary/aromatic N) is 2. The highest BCUT2D eigenvalue weighted by Crippen LogP contribution is 2.46. The maximum atomic E-state index is 13.9. The highest BCUT2D eigenvalue weighted by molar-refractivity contribution is 5.90. The molecule has 4 atom stereocenters. The second-order valence-corrected chi connectivity index (χ2v) is 8.63. The Bertz CT molecular complexity index is 945. The molecule has 0 bridgehead atoms. The summed E-state index contributed by atoms with van der Waals surface area (Å²) in [6.07, 6.45) is 8.51. The molecule has 8 nitrogen and oxygen atoms in total. The monoisotopic (exact) mass is 427 g/mol. The van der Waals surface area contributed by atoms with Gasteiger partial charge in [0.2, 0.25) is 12.7 Å². The van der Waals surface area contributed by atoms with Gasteiger partial charge in [-0.1, -0.05) is 0 Å². The second kappa shape index (κ2) is 7.76. The van der Waals surface area contributed by atoms with Crippen molar-refractivity contribution in [3.63, 3.8) is 0 Å². The number of hydrogen-bond acceptors (Lipinski definition) is 7. The SMILES string of the molecule is COC1=CC2C(=CC1OC)C1=CNC3CC4=C(C=C3C1C(=O)N2CCN(C)C)OCO4. The minimum absolute atomic E-state index is 0.0258. The third kappa shape index (κ3) is 3.25. The number of likely N-dealkylation sites (N-methyl/N-ethyl adjacent to an activating group) is 1. The van der Waals surface area contributed by atoms with Crippen LogP contribution in [0.5, 0.6) is 0 Å². The van der Waals surface area contributed by atoms with E-state index >= 15 is 0 Å². The molecule has 3 aliphatic heterocycles. The van der Waals surface area contributed by atoms with Crippen LogP contribution in [0.1, 0.15) is 6.42 Å². The summed E-state index contributed by atoms with van der Waals surface area (Å²) in [6, 6.07) is -0.155. The average Bonchev–Trinajstić information content (AvgIpc) is 3.23. The van der Waals surface area contributed by atoms with Crippen LogP contribution in [-0.4, -0.2) is 82.1 Å². The Morgan fingerprint density at radius 1 is 1.23 bits per heavy atom. The molecule has 5 aliphatic rings. The molecule has 1 amide bonds. The zero-order valence-corrected chi connectivity index (χ0v) is 18.4. The quantitative estimate of drug-likeness (QED) is 0.708. The first-order valence-electron chi connectivity index (χ1n) is 10.6. The third-order valence-corrected chi connectivity index (χ3v) is 6.63. The van der Waals surface area contributed by atoms with Crippen LogP contribution < -0.4 is 5.32 Å². The molecule has 0 saturated carbocycles. The van der Waals surface area contributed by atoms with Crippen molar-refractivity contribution < 1.29 is 23.7 Å². The number of ether oxygens (including phenoxy) is 4. The summed E-state index contributed by atoms with van der Waals surface area (Å²) >= 11 is 0. The molecule has 0 spiro atoms. The van der Waals surface area contributed by atoms with Crippen LogP contribution in [0.3, 0.4) is 0 Å². The number of amides is 1. The van der Waals surface area contributed by atoms with E-state index in [1.54, 1.807) is 14.2 Å². The van der Waals surface area contributed by atoms with E-state index in [4.69, 9.17) is 18.9 Å². The minimum atomic E-state index is -0.343. The van der Waals surface area contributed by atoms with Crippen LogP contribution in [0.25, 0.3) is 0 Å². The standard InChI is InChI=1S/C23H29N3O5/c1-25(2)5-6-26-17-10-19(29-4)18(28-3)7-13(17)15-11-24-16-9-21-20(30-12-31-21)8-14(16)22(15)23(26)27/h7-8,10-11,16-18,22,24H,5-6,9,12H2,1-4H3. The maximum Gasteiger partial charge on any atom is 0.235 e. The highest BCUT2D eigenvalue weighted by atomic mass is 16.7. The van der Waals surface area contributed by atoms with Crippen LogP contribution in [0.15, 0.2) is 58.4 Å². The molecule has 0 aromatic heterocycles. The molecule has 2 aliphatic carbocycles. The first kappa shape index (κ1) is 20.2. The number of hydrogen-bond donors (Lipinski definition) is 1. The summed E-state index contributed by atoms with van der Waals surface area (Å²) < 4.78 is 22.5. The highest BCUT2D eigenvalue weighted by Gasteiger charge is 2.48. The lowest BCUT2D eigenvalue weighted by molar-refractivity contribution is -0.135. The topological polar surface area (TPSA) is 72.5 Å². The molecule has 1 fully saturated rings. The van der Waals surface area contributed by atoms with E-state index in [1.165, 1.54) is 0 Å².